The van der Waals surface area contributed by atoms with Crippen LogP contribution in [0.4, 0.5) is 6.01 Å². The molecule has 1 aromatic rings. The van der Waals surface area contributed by atoms with Crippen LogP contribution in [0.5, 0.6) is 0 Å². The third-order valence-corrected chi connectivity index (χ3v) is 4.31. The average molecular weight is 256 g/mol. The molecule has 1 fully saturated rings. The van der Waals surface area contributed by atoms with E-state index in [1.807, 2.05) is 18.7 Å². The van der Waals surface area contributed by atoms with E-state index in [1.165, 1.54) is 25.7 Å². The molecule has 0 amide bonds. The summed E-state index contributed by atoms with van der Waals surface area (Å²) in [4.78, 5) is 0. The second-order valence-electron chi connectivity index (χ2n) is 4.54. The van der Waals surface area contributed by atoms with Crippen molar-refractivity contribution < 1.29 is 4.42 Å². The van der Waals surface area contributed by atoms with E-state index in [0.717, 1.165) is 0 Å². The first-order chi connectivity index (χ1) is 8.20. The minimum absolute atomic E-state index is 0.208. The van der Waals surface area contributed by atoms with Gasteiger partial charge in [-0.1, -0.05) is 17.9 Å². The molecule has 1 aliphatic carbocycles. The predicted octanol–water partition coefficient (Wildman–Crippen LogP) is 2.18. The Morgan fingerprint density at radius 1 is 1.41 bits per heavy atom. The van der Waals surface area contributed by atoms with Crippen molar-refractivity contribution in [3.05, 3.63) is 5.89 Å². The maximum absolute atomic E-state index is 5.69. The molecule has 1 saturated carbocycles. The van der Waals surface area contributed by atoms with Crippen molar-refractivity contribution in [3.63, 3.8) is 0 Å². The summed E-state index contributed by atoms with van der Waals surface area (Å²) in [5, 5.41) is 11.9. The average Bonchev–Trinajstić information content (AvgIpc) is 2.78. The molecule has 6 heteroatoms. The summed E-state index contributed by atoms with van der Waals surface area (Å²) in [5.74, 6) is 0.490. The van der Waals surface area contributed by atoms with E-state index in [-0.39, 0.29) is 6.04 Å². The monoisotopic (exact) mass is 256 g/mol. The summed E-state index contributed by atoms with van der Waals surface area (Å²) in [5.41, 5.74) is 5.69. The van der Waals surface area contributed by atoms with Gasteiger partial charge in [0, 0.05) is 11.3 Å². The molecule has 3 unspecified atom stereocenters. The zero-order valence-electron chi connectivity index (χ0n) is 10.3. The molecule has 0 saturated heterocycles. The first-order valence-corrected chi connectivity index (χ1v) is 7.38. The molecular formula is C11H20N4OS. The first-order valence-electron chi connectivity index (χ1n) is 6.09. The van der Waals surface area contributed by atoms with E-state index in [1.54, 1.807) is 0 Å². The molecule has 1 heterocycles. The van der Waals surface area contributed by atoms with Crippen molar-refractivity contribution in [2.24, 2.45) is 5.73 Å². The van der Waals surface area contributed by atoms with Gasteiger partial charge in [0.2, 0.25) is 5.89 Å². The molecule has 17 heavy (non-hydrogen) atoms. The molecule has 0 bridgehead atoms. The van der Waals surface area contributed by atoms with E-state index in [9.17, 15) is 0 Å². The van der Waals surface area contributed by atoms with Crippen molar-refractivity contribution in [2.45, 2.75) is 49.9 Å². The number of nitrogens with one attached hydrogen (secondary N) is 1. The lowest BCUT2D eigenvalue weighted by Gasteiger charge is -2.30. The Balaban J connectivity index is 1.98. The van der Waals surface area contributed by atoms with Gasteiger partial charge in [-0.05, 0) is 26.0 Å². The van der Waals surface area contributed by atoms with E-state index < -0.39 is 0 Å². The van der Waals surface area contributed by atoms with Gasteiger partial charge >= 0.3 is 6.01 Å². The lowest BCUT2D eigenvalue weighted by molar-refractivity contribution is 0.440. The number of nitrogens with zero attached hydrogens (tertiary/aromatic N) is 2. The molecule has 0 radical (unpaired) electrons. The highest BCUT2D eigenvalue weighted by atomic mass is 32.2. The van der Waals surface area contributed by atoms with Gasteiger partial charge in [0.1, 0.15) is 0 Å². The summed E-state index contributed by atoms with van der Waals surface area (Å²) < 4.78 is 5.47. The van der Waals surface area contributed by atoms with Crippen LogP contribution in [0.25, 0.3) is 0 Å². The van der Waals surface area contributed by atoms with Gasteiger partial charge in [-0.3, -0.25) is 0 Å². The predicted molar refractivity (Wildman–Crippen MR) is 70.1 cm³/mol. The SMILES string of the molecule is CSC1CCCCC1Nc1nnc(C(C)N)o1. The smallest absolute Gasteiger partial charge is 0.315 e. The molecule has 1 aliphatic rings. The van der Waals surface area contributed by atoms with Crippen molar-refractivity contribution in [1.82, 2.24) is 10.2 Å². The van der Waals surface area contributed by atoms with Crippen LogP contribution in [0.3, 0.4) is 0 Å². The number of thioether (sulfide) groups is 1. The highest BCUT2D eigenvalue weighted by Crippen LogP contribution is 2.29. The Morgan fingerprint density at radius 2 is 2.18 bits per heavy atom. The Hall–Kier alpha value is -0.750. The molecule has 96 valence electrons. The van der Waals surface area contributed by atoms with Crippen LogP contribution in [0.15, 0.2) is 4.42 Å². The first kappa shape index (κ1) is 12.7. The van der Waals surface area contributed by atoms with Gasteiger partial charge in [0.25, 0.3) is 0 Å². The molecule has 0 aromatic carbocycles. The Labute approximate surface area is 106 Å². The van der Waals surface area contributed by atoms with Crippen molar-refractivity contribution in [1.29, 1.82) is 0 Å². The highest BCUT2D eigenvalue weighted by Gasteiger charge is 2.25. The lowest BCUT2D eigenvalue weighted by Crippen LogP contribution is -2.34. The van der Waals surface area contributed by atoms with Crippen molar-refractivity contribution in [3.8, 4) is 0 Å². The second kappa shape index (κ2) is 5.73. The minimum atomic E-state index is -0.208. The topological polar surface area (TPSA) is 77.0 Å². The molecule has 2 rings (SSSR count). The minimum Gasteiger partial charge on any atom is -0.406 e. The van der Waals surface area contributed by atoms with Gasteiger partial charge in [-0.15, -0.1) is 5.10 Å². The van der Waals surface area contributed by atoms with Crippen LogP contribution in [0.2, 0.25) is 0 Å². The largest absolute Gasteiger partial charge is 0.406 e. The molecule has 3 N–H and O–H groups in total. The molecule has 5 nitrogen and oxygen atoms in total. The normalized spacial score (nSPS) is 26.8. The molecule has 1 aromatic heterocycles. The number of hydrogen-bond acceptors (Lipinski definition) is 6. The van der Waals surface area contributed by atoms with Gasteiger partial charge in [-0.2, -0.15) is 11.8 Å². The molecule has 3 atom stereocenters. The zero-order chi connectivity index (χ0) is 12.3. The third-order valence-electron chi connectivity index (χ3n) is 3.14. The van der Waals surface area contributed by atoms with E-state index in [4.69, 9.17) is 10.2 Å². The number of anilines is 1. The quantitative estimate of drug-likeness (QED) is 0.859. The number of nitrogens with two attached hydrogens (primary N) is 1. The highest BCUT2D eigenvalue weighted by molar-refractivity contribution is 7.99. The summed E-state index contributed by atoms with van der Waals surface area (Å²) >= 11 is 1.91. The Bertz CT molecular complexity index is 355. The maximum Gasteiger partial charge on any atom is 0.315 e. The fourth-order valence-electron chi connectivity index (χ4n) is 2.18. The van der Waals surface area contributed by atoms with Crippen LogP contribution < -0.4 is 11.1 Å². The summed E-state index contributed by atoms with van der Waals surface area (Å²) in [7, 11) is 0. The van der Waals surface area contributed by atoms with Gasteiger partial charge < -0.3 is 15.5 Å². The van der Waals surface area contributed by atoms with Crippen LogP contribution in [0, 0.1) is 0 Å². The molecule has 0 aliphatic heterocycles. The Morgan fingerprint density at radius 3 is 2.82 bits per heavy atom. The number of hydrogen-bond donors (Lipinski definition) is 2. The van der Waals surface area contributed by atoms with Crippen molar-refractivity contribution >= 4 is 17.8 Å². The fraction of sp³-hybridized carbons (Fsp3) is 0.818. The summed E-state index contributed by atoms with van der Waals surface area (Å²) in [6.07, 6.45) is 7.17. The van der Waals surface area contributed by atoms with E-state index >= 15 is 0 Å². The van der Waals surface area contributed by atoms with Gasteiger partial charge in [0.15, 0.2) is 0 Å². The standard InChI is InChI=1S/C11H20N4OS/c1-7(12)10-14-15-11(16-10)13-8-5-3-4-6-9(8)17-2/h7-9H,3-6,12H2,1-2H3,(H,13,15). The second-order valence-corrected chi connectivity index (χ2v) is 5.62. The molecular weight excluding hydrogens is 236 g/mol. The zero-order valence-corrected chi connectivity index (χ0v) is 11.2. The van der Waals surface area contributed by atoms with Crippen LogP contribution in [-0.2, 0) is 0 Å². The van der Waals surface area contributed by atoms with Crippen LogP contribution >= 0.6 is 11.8 Å². The van der Waals surface area contributed by atoms with Gasteiger partial charge in [0.05, 0.1) is 6.04 Å². The fourth-order valence-corrected chi connectivity index (χ4v) is 3.11. The van der Waals surface area contributed by atoms with Crippen molar-refractivity contribution in [2.75, 3.05) is 11.6 Å². The van der Waals surface area contributed by atoms with Gasteiger partial charge in [-0.25, -0.2) is 0 Å². The maximum atomic E-state index is 5.69. The Kier molecular flexibility index (Phi) is 4.28. The molecule has 0 spiro atoms. The number of aromatic nitrogens is 2. The summed E-state index contributed by atoms with van der Waals surface area (Å²) in [6.45, 7) is 1.84. The number of rotatable bonds is 4. The van der Waals surface area contributed by atoms with Crippen LogP contribution in [0.1, 0.15) is 44.5 Å². The lowest BCUT2D eigenvalue weighted by atomic mass is 9.95. The van der Waals surface area contributed by atoms with Crippen LogP contribution in [-0.4, -0.2) is 27.7 Å². The summed E-state index contributed by atoms with van der Waals surface area (Å²) in [6, 6.07) is 0.726. The van der Waals surface area contributed by atoms with E-state index in [0.29, 0.717) is 23.2 Å². The third kappa shape index (κ3) is 3.13. The van der Waals surface area contributed by atoms with E-state index in [2.05, 4.69) is 21.8 Å².